The first kappa shape index (κ1) is 21.4. The third-order valence-electron chi connectivity index (χ3n) is 6.32. The molecule has 164 valence electrons. The average molecular weight is 422 g/mol. The van der Waals surface area contributed by atoms with E-state index in [0.717, 1.165) is 61.1 Å². The van der Waals surface area contributed by atoms with Gasteiger partial charge in [-0.25, -0.2) is 0 Å². The van der Waals surface area contributed by atoms with Gasteiger partial charge in [0.15, 0.2) is 0 Å². The van der Waals surface area contributed by atoms with E-state index in [1.165, 1.54) is 5.56 Å². The fraction of sp³-hybridized carbons (Fsp3) is 0.400. The van der Waals surface area contributed by atoms with Gasteiger partial charge in [0.2, 0.25) is 5.91 Å². The first-order chi connectivity index (χ1) is 15.1. The lowest BCUT2D eigenvalue weighted by Gasteiger charge is -2.33. The standard InChI is InChI=1S/C25H31N3O3/c1-30-17-18-3-4-20(24(15-18)31-2)7-11-27-12-9-22(10-13-27)28-14-8-19-5-6-21(25(26)29)16-23(19)28/h3-6,8,14-16,22H,7,9-13,17H2,1-2H3,(H2,26,29). The molecule has 1 saturated heterocycles. The van der Waals surface area contributed by atoms with Crippen LogP contribution >= 0.6 is 0 Å². The maximum absolute atomic E-state index is 11.6. The predicted octanol–water partition coefficient (Wildman–Crippen LogP) is 3.77. The van der Waals surface area contributed by atoms with E-state index >= 15 is 0 Å². The van der Waals surface area contributed by atoms with E-state index in [0.29, 0.717) is 18.2 Å². The van der Waals surface area contributed by atoms with Gasteiger partial charge in [-0.3, -0.25) is 4.79 Å². The summed E-state index contributed by atoms with van der Waals surface area (Å²) < 4.78 is 13.1. The van der Waals surface area contributed by atoms with Gasteiger partial charge in [0.05, 0.1) is 13.7 Å². The number of hydrogen-bond donors (Lipinski definition) is 1. The van der Waals surface area contributed by atoms with Crippen molar-refractivity contribution in [1.82, 2.24) is 9.47 Å². The Morgan fingerprint density at radius 1 is 1.10 bits per heavy atom. The van der Waals surface area contributed by atoms with E-state index in [1.54, 1.807) is 20.3 Å². The molecule has 0 radical (unpaired) electrons. The van der Waals surface area contributed by atoms with Crippen LogP contribution in [0.4, 0.5) is 0 Å². The van der Waals surface area contributed by atoms with Gasteiger partial charge in [-0.05, 0) is 60.0 Å². The van der Waals surface area contributed by atoms with Crippen LogP contribution in [0.25, 0.3) is 10.9 Å². The molecule has 3 aromatic rings. The van der Waals surface area contributed by atoms with Crippen LogP contribution in [0.2, 0.25) is 0 Å². The van der Waals surface area contributed by atoms with Crippen LogP contribution in [0, 0.1) is 0 Å². The van der Waals surface area contributed by atoms with E-state index in [4.69, 9.17) is 15.2 Å². The van der Waals surface area contributed by atoms with E-state index in [2.05, 4.69) is 39.9 Å². The second-order valence-electron chi connectivity index (χ2n) is 8.26. The zero-order valence-electron chi connectivity index (χ0n) is 18.3. The molecule has 0 unspecified atom stereocenters. The highest BCUT2D eigenvalue weighted by molar-refractivity contribution is 5.97. The third kappa shape index (κ3) is 4.75. The predicted molar refractivity (Wildman–Crippen MR) is 123 cm³/mol. The zero-order valence-corrected chi connectivity index (χ0v) is 18.3. The van der Waals surface area contributed by atoms with Crippen molar-refractivity contribution in [3.63, 3.8) is 0 Å². The molecule has 2 aromatic carbocycles. The summed E-state index contributed by atoms with van der Waals surface area (Å²) in [4.78, 5) is 14.1. The molecule has 1 amide bonds. The fourth-order valence-corrected chi connectivity index (χ4v) is 4.57. The number of likely N-dealkylation sites (tertiary alicyclic amines) is 1. The van der Waals surface area contributed by atoms with Gasteiger partial charge in [0, 0.05) is 50.1 Å². The van der Waals surface area contributed by atoms with Gasteiger partial charge in [-0.2, -0.15) is 0 Å². The van der Waals surface area contributed by atoms with Gasteiger partial charge >= 0.3 is 0 Å². The Hall–Kier alpha value is -2.83. The van der Waals surface area contributed by atoms with Gasteiger partial charge < -0.3 is 24.7 Å². The van der Waals surface area contributed by atoms with Crippen molar-refractivity contribution >= 4 is 16.8 Å². The Bertz CT molecular complexity index is 1050. The van der Waals surface area contributed by atoms with Crippen molar-refractivity contribution in [3.8, 4) is 5.75 Å². The average Bonchev–Trinajstić information content (AvgIpc) is 3.22. The molecule has 0 aliphatic carbocycles. The molecule has 4 rings (SSSR count). The van der Waals surface area contributed by atoms with E-state index in [1.807, 2.05) is 12.1 Å². The summed E-state index contributed by atoms with van der Waals surface area (Å²) in [6.45, 7) is 3.73. The zero-order chi connectivity index (χ0) is 21.8. The molecule has 1 aliphatic heterocycles. The summed E-state index contributed by atoms with van der Waals surface area (Å²) in [6, 6.07) is 14.6. The van der Waals surface area contributed by atoms with Crippen LogP contribution in [-0.2, 0) is 17.8 Å². The van der Waals surface area contributed by atoms with Crippen LogP contribution < -0.4 is 10.5 Å². The molecule has 31 heavy (non-hydrogen) atoms. The number of ether oxygens (including phenoxy) is 2. The van der Waals surface area contributed by atoms with Crippen molar-refractivity contribution in [3.05, 3.63) is 65.4 Å². The minimum atomic E-state index is -0.379. The van der Waals surface area contributed by atoms with Crippen molar-refractivity contribution in [2.45, 2.75) is 31.9 Å². The Morgan fingerprint density at radius 3 is 2.61 bits per heavy atom. The maximum atomic E-state index is 11.6. The first-order valence-corrected chi connectivity index (χ1v) is 10.9. The number of piperidine rings is 1. The van der Waals surface area contributed by atoms with Crippen LogP contribution in [0.3, 0.4) is 0 Å². The topological polar surface area (TPSA) is 69.7 Å². The smallest absolute Gasteiger partial charge is 0.248 e. The summed E-state index contributed by atoms with van der Waals surface area (Å²) in [5.41, 5.74) is 9.50. The number of primary amides is 1. The van der Waals surface area contributed by atoms with Crippen LogP contribution in [0.15, 0.2) is 48.7 Å². The number of nitrogens with zero attached hydrogens (tertiary/aromatic N) is 2. The molecule has 1 fully saturated rings. The molecule has 0 atom stereocenters. The number of nitrogens with two attached hydrogens (primary N) is 1. The number of rotatable bonds is 8. The molecule has 1 aromatic heterocycles. The number of hydrogen-bond acceptors (Lipinski definition) is 4. The highest BCUT2D eigenvalue weighted by Gasteiger charge is 2.22. The van der Waals surface area contributed by atoms with E-state index < -0.39 is 0 Å². The van der Waals surface area contributed by atoms with Gasteiger partial charge in [-0.15, -0.1) is 0 Å². The Labute approximate surface area is 183 Å². The Kier molecular flexibility index (Phi) is 6.59. The lowest BCUT2D eigenvalue weighted by Crippen LogP contribution is -2.35. The van der Waals surface area contributed by atoms with E-state index in [9.17, 15) is 4.79 Å². The molecular formula is C25H31N3O3. The van der Waals surface area contributed by atoms with Gasteiger partial charge in [0.1, 0.15) is 5.75 Å². The summed E-state index contributed by atoms with van der Waals surface area (Å²) in [7, 11) is 3.43. The lowest BCUT2D eigenvalue weighted by molar-refractivity contribution is 0.100. The Morgan fingerprint density at radius 2 is 1.90 bits per heavy atom. The van der Waals surface area contributed by atoms with Crippen molar-refractivity contribution < 1.29 is 14.3 Å². The molecule has 0 spiro atoms. The summed E-state index contributed by atoms with van der Waals surface area (Å²) in [6.07, 6.45) is 5.29. The lowest BCUT2D eigenvalue weighted by atomic mass is 10.0. The van der Waals surface area contributed by atoms with Gasteiger partial charge in [-0.1, -0.05) is 18.2 Å². The molecule has 2 heterocycles. The van der Waals surface area contributed by atoms with Crippen molar-refractivity contribution in [1.29, 1.82) is 0 Å². The molecule has 2 N–H and O–H groups in total. The van der Waals surface area contributed by atoms with Crippen molar-refractivity contribution in [2.75, 3.05) is 33.9 Å². The number of carbonyl (C=O) groups excluding carboxylic acids is 1. The third-order valence-corrected chi connectivity index (χ3v) is 6.32. The number of carbonyl (C=O) groups is 1. The normalized spacial score (nSPS) is 15.4. The van der Waals surface area contributed by atoms with Gasteiger partial charge in [0.25, 0.3) is 0 Å². The SMILES string of the molecule is COCc1ccc(CCN2CCC(n3ccc4ccc(C(N)=O)cc43)CC2)c(OC)c1. The highest BCUT2D eigenvalue weighted by atomic mass is 16.5. The van der Waals surface area contributed by atoms with Crippen molar-refractivity contribution in [2.24, 2.45) is 5.73 Å². The monoisotopic (exact) mass is 421 g/mol. The molecule has 0 bridgehead atoms. The second-order valence-corrected chi connectivity index (χ2v) is 8.26. The minimum absolute atomic E-state index is 0.379. The van der Waals surface area contributed by atoms with Crippen LogP contribution in [-0.4, -0.2) is 49.2 Å². The van der Waals surface area contributed by atoms with Crippen LogP contribution in [0.1, 0.15) is 40.4 Å². The molecule has 6 heteroatoms. The summed E-state index contributed by atoms with van der Waals surface area (Å²) in [5, 5.41) is 1.15. The molecular weight excluding hydrogens is 390 g/mol. The quantitative estimate of drug-likeness (QED) is 0.601. The fourth-order valence-electron chi connectivity index (χ4n) is 4.57. The minimum Gasteiger partial charge on any atom is -0.496 e. The number of fused-ring (bicyclic) bond motifs is 1. The largest absolute Gasteiger partial charge is 0.496 e. The number of amides is 1. The summed E-state index contributed by atoms with van der Waals surface area (Å²) >= 11 is 0. The molecule has 6 nitrogen and oxygen atoms in total. The maximum Gasteiger partial charge on any atom is 0.248 e. The number of methoxy groups -OCH3 is 2. The molecule has 1 aliphatic rings. The number of benzene rings is 2. The van der Waals surface area contributed by atoms with Crippen LogP contribution in [0.5, 0.6) is 5.75 Å². The molecule has 0 saturated carbocycles. The Balaban J connectivity index is 1.37. The first-order valence-electron chi connectivity index (χ1n) is 10.9. The van der Waals surface area contributed by atoms with E-state index in [-0.39, 0.29) is 5.91 Å². The second kappa shape index (κ2) is 9.54. The number of aromatic nitrogens is 1. The summed E-state index contributed by atoms with van der Waals surface area (Å²) in [5.74, 6) is 0.559. The highest BCUT2D eigenvalue weighted by Crippen LogP contribution is 2.29.